The first-order chi connectivity index (χ1) is 11.7. The van der Waals surface area contributed by atoms with Crippen LogP contribution in [-0.4, -0.2) is 30.6 Å². The minimum atomic E-state index is -0.207. The Morgan fingerprint density at radius 3 is 2.71 bits per heavy atom. The molecule has 0 radical (unpaired) electrons. The number of furan rings is 1. The summed E-state index contributed by atoms with van der Waals surface area (Å²) in [7, 11) is 0. The average molecular weight is 348 g/mol. The molecule has 6 heteroatoms. The van der Waals surface area contributed by atoms with E-state index in [2.05, 4.69) is 15.5 Å². The van der Waals surface area contributed by atoms with E-state index in [9.17, 15) is 4.79 Å². The van der Waals surface area contributed by atoms with Gasteiger partial charge in [-0.25, -0.2) is 4.79 Å². The Balaban J connectivity index is 1.37. The van der Waals surface area contributed by atoms with Crippen molar-refractivity contribution in [3.8, 4) is 0 Å². The summed E-state index contributed by atoms with van der Waals surface area (Å²) in [5.41, 5.74) is 0.630. The van der Waals surface area contributed by atoms with Crippen LogP contribution in [0, 0.1) is 5.92 Å². The predicted molar refractivity (Wildman–Crippen MR) is 95.2 cm³/mol. The molecule has 0 unspecified atom stereocenters. The van der Waals surface area contributed by atoms with E-state index in [1.807, 2.05) is 24.3 Å². The first-order valence-corrected chi connectivity index (χ1v) is 8.62. The van der Waals surface area contributed by atoms with E-state index in [4.69, 9.17) is 16.0 Å². The summed E-state index contributed by atoms with van der Waals surface area (Å²) in [4.78, 5) is 14.4. The lowest BCUT2D eigenvalue weighted by molar-refractivity contribution is 0.165. The van der Waals surface area contributed by atoms with E-state index in [1.165, 1.54) is 0 Å². The lowest BCUT2D eigenvalue weighted by Gasteiger charge is -2.31. The van der Waals surface area contributed by atoms with Gasteiger partial charge in [-0.1, -0.05) is 23.7 Å². The molecule has 128 valence electrons. The van der Waals surface area contributed by atoms with E-state index in [0.717, 1.165) is 38.2 Å². The van der Waals surface area contributed by atoms with Gasteiger partial charge in [0.2, 0.25) is 0 Å². The van der Waals surface area contributed by atoms with Gasteiger partial charge in [0.05, 0.1) is 23.5 Å². The maximum absolute atomic E-state index is 12.0. The summed E-state index contributed by atoms with van der Waals surface area (Å²) in [6.07, 6.45) is 3.86. The molecule has 2 amide bonds. The number of amides is 2. The summed E-state index contributed by atoms with van der Waals surface area (Å²) in [6.45, 7) is 3.60. The fourth-order valence-electron chi connectivity index (χ4n) is 2.94. The molecule has 3 rings (SSSR count). The Morgan fingerprint density at radius 1 is 1.21 bits per heavy atom. The fourth-order valence-corrected chi connectivity index (χ4v) is 3.12. The molecule has 0 atom stereocenters. The quantitative estimate of drug-likeness (QED) is 0.860. The van der Waals surface area contributed by atoms with E-state index >= 15 is 0 Å². The highest BCUT2D eigenvalue weighted by atomic mass is 35.5. The zero-order valence-corrected chi connectivity index (χ0v) is 14.3. The van der Waals surface area contributed by atoms with E-state index in [0.29, 0.717) is 23.2 Å². The molecule has 1 aliphatic heterocycles. The van der Waals surface area contributed by atoms with Gasteiger partial charge in [-0.05, 0) is 56.1 Å². The molecule has 2 heterocycles. The van der Waals surface area contributed by atoms with Crippen molar-refractivity contribution < 1.29 is 9.21 Å². The van der Waals surface area contributed by atoms with Crippen molar-refractivity contribution in [1.82, 2.24) is 10.2 Å². The summed E-state index contributed by atoms with van der Waals surface area (Å²) in [6, 6.07) is 10.9. The van der Waals surface area contributed by atoms with Gasteiger partial charge in [0, 0.05) is 6.54 Å². The molecular formula is C18H22ClN3O2. The smallest absolute Gasteiger partial charge is 0.319 e. The number of likely N-dealkylation sites (tertiary alicyclic amines) is 1. The number of piperidine rings is 1. The first kappa shape index (κ1) is 16.9. The van der Waals surface area contributed by atoms with Crippen LogP contribution in [0.15, 0.2) is 47.1 Å². The number of hydrogen-bond donors (Lipinski definition) is 2. The molecule has 1 fully saturated rings. The standard InChI is InChI=1S/C18H22ClN3O2/c19-16-5-1-2-6-17(16)21-18(23)20-12-14-7-9-22(10-8-14)13-15-4-3-11-24-15/h1-6,11,14H,7-10,12-13H2,(H2,20,21,23). The van der Waals surface area contributed by atoms with Crippen molar-refractivity contribution in [1.29, 1.82) is 0 Å². The van der Waals surface area contributed by atoms with Gasteiger partial charge in [-0.3, -0.25) is 4.90 Å². The minimum Gasteiger partial charge on any atom is -0.468 e. The van der Waals surface area contributed by atoms with Crippen LogP contribution in [0.2, 0.25) is 5.02 Å². The molecule has 1 saturated heterocycles. The van der Waals surface area contributed by atoms with Crippen LogP contribution < -0.4 is 10.6 Å². The molecule has 1 aliphatic rings. The van der Waals surface area contributed by atoms with Crippen molar-refractivity contribution >= 4 is 23.3 Å². The predicted octanol–water partition coefficient (Wildman–Crippen LogP) is 3.97. The van der Waals surface area contributed by atoms with Gasteiger partial charge in [-0.2, -0.15) is 0 Å². The van der Waals surface area contributed by atoms with Gasteiger partial charge in [0.15, 0.2) is 0 Å². The van der Waals surface area contributed by atoms with Gasteiger partial charge in [-0.15, -0.1) is 0 Å². The zero-order valence-electron chi connectivity index (χ0n) is 13.5. The van der Waals surface area contributed by atoms with Crippen LogP contribution >= 0.6 is 11.6 Å². The van der Waals surface area contributed by atoms with Crippen molar-refractivity contribution in [2.75, 3.05) is 25.0 Å². The van der Waals surface area contributed by atoms with Crippen molar-refractivity contribution in [3.63, 3.8) is 0 Å². The largest absolute Gasteiger partial charge is 0.468 e. The maximum Gasteiger partial charge on any atom is 0.319 e. The average Bonchev–Trinajstić information content (AvgIpc) is 3.09. The van der Waals surface area contributed by atoms with Crippen LogP contribution in [0.4, 0.5) is 10.5 Å². The highest BCUT2D eigenvalue weighted by Gasteiger charge is 2.20. The molecule has 0 bridgehead atoms. The number of urea groups is 1. The Kier molecular flexibility index (Phi) is 5.77. The maximum atomic E-state index is 12.0. The second-order valence-electron chi connectivity index (χ2n) is 6.11. The lowest BCUT2D eigenvalue weighted by Crippen LogP contribution is -2.39. The number of benzene rings is 1. The number of para-hydroxylation sites is 1. The summed E-state index contributed by atoms with van der Waals surface area (Å²) in [5.74, 6) is 1.51. The first-order valence-electron chi connectivity index (χ1n) is 8.25. The molecule has 1 aromatic carbocycles. The Labute approximate surface area is 147 Å². The Bertz CT molecular complexity index is 652. The normalized spacial score (nSPS) is 16.0. The highest BCUT2D eigenvalue weighted by Crippen LogP contribution is 2.21. The number of hydrogen-bond acceptors (Lipinski definition) is 3. The second kappa shape index (κ2) is 8.22. The van der Waals surface area contributed by atoms with Crippen LogP contribution in [0.5, 0.6) is 0 Å². The number of nitrogens with one attached hydrogen (secondary N) is 2. The van der Waals surface area contributed by atoms with Gasteiger partial charge in [0.1, 0.15) is 5.76 Å². The number of carbonyl (C=O) groups excluding carboxylic acids is 1. The van der Waals surface area contributed by atoms with Crippen molar-refractivity contribution in [3.05, 3.63) is 53.4 Å². The SMILES string of the molecule is O=C(NCC1CCN(Cc2ccco2)CC1)Nc1ccccc1Cl. The van der Waals surface area contributed by atoms with Gasteiger partial charge in [0.25, 0.3) is 0 Å². The molecular weight excluding hydrogens is 326 g/mol. The molecule has 2 aromatic rings. The van der Waals surface area contributed by atoms with Crippen LogP contribution in [0.1, 0.15) is 18.6 Å². The highest BCUT2D eigenvalue weighted by molar-refractivity contribution is 6.33. The van der Waals surface area contributed by atoms with Gasteiger partial charge >= 0.3 is 6.03 Å². The molecule has 1 aromatic heterocycles. The number of carbonyl (C=O) groups is 1. The topological polar surface area (TPSA) is 57.5 Å². The third-order valence-electron chi connectivity index (χ3n) is 4.34. The Hall–Kier alpha value is -1.98. The molecule has 5 nitrogen and oxygen atoms in total. The lowest BCUT2D eigenvalue weighted by atomic mass is 9.97. The van der Waals surface area contributed by atoms with Gasteiger partial charge < -0.3 is 15.1 Å². The molecule has 0 aliphatic carbocycles. The van der Waals surface area contributed by atoms with Crippen molar-refractivity contribution in [2.45, 2.75) is 19.4 Å². The number of halogens is 1. The second-order valence-corrected chi connectivity index (χ2v) is 6.52. The van der Waals surface area contributed by atoms with Crippen LogP contribution in [0.3, 0.4) is 0 Å². The number of rotatable bonds is 5. The number of nitrogens with zero attached hydrogens (tertiary/aromatic N) is 1. The Morgan fingerprint density at radius 2 is 2.00 bits per heavy atom. The summed E-state index contributed by atoms with van der Waals surface area (Å²) >= 11 is 6.04. The summed E-state index contributed by atoms with van der Waals surface area (Å²) < 4.78 is 5.39. The van der Waals surface area contributed by atoms with Crippen LogP contribution in [0.25, 0.3) is 0 Å². The molecule has 24 heavy (non-hydrogen) atoms. The third kappa shape index (κ3) is 4.76. The molecule has 2 N–H and O–H groups in total. The van der Waals surface area contributed by atoms with E-state index < -0.39 is 0 Å². The number of anilines is 1. The fraction of sp³-hybridized carbons (Fsp3) is 0.389. The van der Waals surface area contributed by atoms with Crippen molar-refractivity contribution in [2.24, 2.45) is 5.92 Å². The molecule has 0 spiro atoms. The summed E-state index contributed by atoms with van der Waals surface area (Å²) in [5, 5.41) is 6.27. The van der Waals surface area contributed by atoms with Crippen LogP contribution in [-0.2, 0) is 6.54 Å². The van der Waals surface area contributed by atoms with E-state index in [1.54, 1.807) is 18.4 Å². The molecule has 0 saturated carbocycles. The monoisotopic (exact) mass is 347 g/mol. The third-order valence-corrected chi connectivity index (χ3v) is 4.67. The zero-order chi connectivity index (χ0) is 16.8. The van der Waals surface area contributed by atoms with E-state index in [-0.39, 0.29) is 6.03 Å². The minimum absolute atomic E-state index is 0.207.